The maximum absolute atomic E-state index is 13.5. The Labute approximate surface area is 185 Å². The molecule has 3 fully saturated rings. The Hall–Kier alpha value is -1.86. The van der Waals surface area contributed by atoms with Crippen molar-refractivity contribution in [1.82, 2.24) is 10.2 Å². The van der Waals surface area contributed by atoms with Gasteiger partial charge < -0.3 is 24.3 Å². The molecule has 3 aliphatic rings. The number of rotatable bonds is 7. The third-order valence-electron chi connectivity index (χ3n) is 7.20. The Balaban J connectivity index is 1.43. The number of ether oxygens (including phenoxy) is 1. The third-order valence-corrected chi connectivity index (χ3v) is 7.20. The van der Waals surface area contributed by atoms with Gasteiger partial charge in [0.1, 0.15) is 25.7 Å². The molecule has 0 radical (unpaired) electrons. The molecule has 0 bridgehead atoms. The van der Waals surface area contributed by atoms with E-state index in [1.807, 2.05) is 13.0 Å². The second-order valence-electron chi connectivity index (χ2n) is 9.48. The normalized spacial score (nSPS) is 22.4. The van der Waals surface area contributed by atoms with Gasteiger partial charge in [-0.3, -0.25) is 9.59 Å². The van der Waals surface area contributed by atoms with Crippen LogP contribution in [0.2, 0.25) is 0 Å². The summed E-state index contributed by atoms with van der Waals surface area (Å²) < 4.78 is 11.4. The van der Waals surface area contributed by atoms with Crippen LogP contribution in [-0.2, 0) is 16.1 Å². The summed E-state index contributed by atoms with van der Waals surface area (Å²) in [6, 6.07) is 3.56. The Morgan fingerprint density at radius 3 is 2.45 bits per heavy atom. The van der Waals surface area contributed by atoms with Crippen LogP contribution in [0.1, 0.15) is 81.0 Å². The first-order valence-corrected chi connectivity index (χ1v) is 12.2. The quantitative estimate of drug-likeness (QED) is 0.690. The van der Waals surface area contributed by atoms with Crippen LogP contribution in [0.3, 0.4) is 0 Å². The molecule has 2 heterocycles. The van der Waals surface area contributed by atoms with Gasteiger partial charge >= 0.3 is 0 Å². The predicted molar refractivity (Wildman–Crippen MR) is 117 cm³/mol. The first-order valence-electron chi connectivity index (χ1n) is 12.2. The lowest BCUT2D eigenvalue weighted by Crippen LogP contribution is -3.12. The van der Waals surface area contributed by atoms with Crippen molar-refractivity contribution in [3.05, 3.63) is 23.7 Å². The van der Waals surface area contributed by atoms with Crippen LogP contribution in [0, 0.1) is 0 Å². The molecule has 7 nitrogen and oxygen atoms in total. The van der Waals surface area contributed by atoms with E-state index in [0.29, 0.717) is 5.76 Å². The molecule has 2 amide bonds. The summed E-state index contributed by atoms with van der Waals surface area (Å²) >= 11 is 0. The first kappa shape index (κ1) is 22.3. The molecule has 2 saturated carbocycles. The second kappa shape index (κ2) is 10.6. The third kappa shape index (κ3) is 5.69. The number of quaternary nitrogens is 1. The molecule has 31 heavy (non-hydrogen) atoms. The van der Waals surface area contributed by atoms with Crippen LogP contribution < -0.4 is 10.2 Å². The summed E-state index contributed by atoms with van der Waals surface area (Å²) in [5.74, 6) is 0.996. The van der Waals surface area contributed by atoms with Gasteiger partial charge in [0.25, 0.3) is 5.91 Å². The highest BCUT2D eigenvalue weighted by Crippen LogP contribution is 2.28. The Bertz CT molecular complexity index is 731. The summed E-state index contributed by atoms with van der Waals surface area (Å²) in [6.07, 6.45) is 9.81. The van der Waals surface area contributed by atoms with Crippen LogP contribution in [0.15, 0.2) is 16.5 Å². The fraction of sp³-hybridized carbons (Fsp3) is 0.750. The van der Waals surface area contributed by atoms with Crippen molar-refractivity contribution < 1.29 is 23.6 Å². The molecule has 2 N–H and O–H groups in total. The zero-order valence-corrected chi connectivity index (χ0v) is 18.9. The van der Waals surface area contributed by atoms with E-state index in [1.165, 1.54) is 24.2 Å². The van der Waals surface area contributed by atoms with Gasteiger partial charge in [0, 0.05) is 12.1 Å². The lowest BCUT2D eigenvalue weighted by Gasteiger charge is -2.34. The Kier molecular flexibility index (Phi) is 7.67. The van der Waals surface area contributed by atoms with Crippen LogP contribution in [-0.4, -0.2) is 61.1 Å². The number of amides is 2. The van der Waals surface area contributed by atoms with Crippen LogP contribution in [0.25, 0.3) is 0 Å². The minimum absolute atomic E-state index is 0.0308. The van der Waals surface area contributed by atoms with Gasteiger partial charge in [0.05, 0.1) is 13.2 Å². The zero-order chi connectivity index (χ0) is 21.6. The lowest BCUT2D eigenvalue weighted by atomic mass is 9.95. The molecule has 1 aromatic rings. The molecule has 0 aromatic carbocycles. The van der Waals surface area contributed by atoms with E-state index in [0.717, 1.165) is 77.1 Å². The predicted octanol–water partition coefficient (Wildman–Crippen LogP) is 1.92. The molecule has 172 valence electrons. The second-order valence-corrected chi connectivity index (χ2v) is 9.48. The minimum atomic E-state index is -0.490. The molecule has 7 heteroatoms. The maximum atomic E-state index is 13.5. The number of morpholine rings is 1. The average molecular weight is 433 g/mol. The topological polar surface area (TPSA) is 76.2 Å². The van der Waals surface area contributed by atoms with Gasteiger partial charge in [-0.25, -0.2) is 0 Å². The van der Waals surface area contributed by atoms with Gasteiger partial charge in [0.2, 0.25) is 5.91 Å². The van der Waals surface area contributed by atoms with E-state index < -0.39 is 6.04 Å². The Morgan fingerprint density at radius 2 is 1.74 bits per heavy atom. The molecule has 1 aliphatic heterocycles. The van der Waals surface area contributed by atoms with Crippen molar-refractivity contribution in [2.24, 2.45) is 0 Å². The van der Waals surface area contributed by atoms with Crippen molar-refractivity contribution in [2.75, 3.05) is 26.3 Å². The Morgan fingerprint density at radius 1 is 1.06 bits per heavy atom. The minimum Gasteiger partial charge on any atom is -0.450 e. The highest BCUT2D eigenvalue weighted by Gasteiger charge is 2.36. The average Bonchev–Trinajstić information content (AvgIpc) is 3.48. The molecule has 1 atom stereocenters. The van der Waals surface area contributed by atoms with Crippen LogP contribution in [0.5, 0.6) is 0 Å². The fourth-order valence-electron chi connectivity index (χ4n) is 5.33. The monoisotopic (exact) mass is 432 g/mol. The number of carbonyl (C=O) groups is 2. The summed E-state index contributed by atoms with van der Waals surface area (Å²) in [4.78, 5) is 29.8. The number of hydrogen-bond acceptors (Lipinski definition) is 4. The number of furan rings is 1. The molecule has 1 saturated heterocycles. The molecule has 0 unspecified atom stereocenters. The van der Waals surface area contributed by atoms with Gasteiger partial charge in [-0.1, -0.05) is 32.1 Å². The number of nitrogens with zero attached hydrogens (tertiary/aromatic N) is 1. The van der Waals surface area contributed by atoms with Crippen molar-refractivity contribution in [2.45, 2.75) is 89.4 Å². The first-order chi connectivity index (χ1) is 15.1. The van der Waals surface area contributed by atoms with Crippen molar-refractivity contribution in [3.8, 4) is 0 Å². The molecule has 1 aromatic heterocycles. The van der Waals surface area contributed by atoms with Crippen molar-refractivity contribution in [1.29, 1.82) is 0 Å². The summed E-state index contributed by atoms with van der Waals surface area (Å²) in [7, 11) is 0. The number of nitrogens with one attached hydrogen (secondary N) is 2. The van der Waals surface area contributed by atoms with Gasteiger partial charge in [-0.05, 0) is 44.7 Å². The standard InChI is InChI=1S/C24H37N3O4/c1-18(23(28)25-19-7-3-2-4-8-19)27(20-9-5-6-10-20)24(29)22-12-11-21(31-22)17-26-13-15-30-16-14-26/h11-12,18-20H,2-10,13-17H2,1H3,(H,25,28)/p+1/t18-/m0/s1. The van der Waals surface area contributed by atoms with E-state index in [-0.39, 0.29) is 23.9 Å². The van der Waals surface area contributed by atoms with E-state index in [9.17, 15) is 9.59 Å². The molecule has 0 spiro atoms. The van der Waals surface area contributed by atoms with Crippen LogP contribution >= 0.6 is 0 Å². The molecular formula is C24H38N3O4+. The molecule has 4 rings (SSSR count). The highest BCUT2D eigenvalue weighted by molar-refractivity contribution is 5.95. The summed E-state index contributed by atoms with van der Waals surface area (Å²) in [5, 5.41) is 3.21. The summed E-state index contributed by atoms with van der Waals surface area (Å²) in [5.41, 5.74) is 0. The summed E-state index contributed by atoms with van der Waals surface area (Å²) in [6.45, 7) is 6.08. The van der Waals surface area contributed by atoms with Gasteiger partial charge in [-0.2, -0.15) is 0 Å². The van der Waals surface area contributed by atoms with Gasteiger partial charge in [0.15, 0.2) is 11.5 Å². The number of carbonyl (C=O) groups excluding carboxylic acids is 2. The molecule has 2 aliphatic carbocycles. The van der Waals surface area contributed by atoms with E-state index in [1.54, 1.807) is 11.0 Å². The van der Waals surface area contributed by atoms with E-state index in [2.05, 4.69) is 5.32 Å². The number of hydrogen-bond donors (Lipinski definition) is 2. The lowest BCUT2D eigenvalue weighted by molar-refractivity contribution is -0.922. The van der Waals surface area contributed by atoms with Crippen molar-refractivity contribution in [3.63, 3.8) is 0 Å². The SMILES string of the molecule is C[C@@H](C(=O)NC1CCCCC1)N(C(=O)c1ccc(C[NH+]2CCOCC2)o1)C1CCCC1. The smallest absolute Gasteiger partial charge is 0.290 e. The van der Waals surface area contributed by atoms with Crippen LogP contribution in [0.4, 0.5) is 0 Å². The van der Waals surface area contributed by atoms with Gasteiger partial charge in [-0.15, -0.1) is 0 Å². The van der Waals surface area contributed by atoms with E-state index >= 15 is 0 Å². The zero-order valence-electron chi connectivity index (χ0n) is 18.9. The largest absolute Gasteiger partial charge is 0.450 e. The molecular weight excluding hydrogens is 394 g/mol. The maximum Gasteiger partial charge on any atom is 0.290 e. The van der Waals surface area contributed by atoms with E-state index in [4.69, 9.17) is 9.15 Å². The van der Waals surface area contributed by atoms with Crippen molar-refractivity contribution >= 4 is 11.8 Å². The fourth-order valence-corrected chi connectivity index (χ4v) is 5.33. The highest BCUT2D eigenvalue weighted by atomic mass is 16.5.